The fourth-order valence-corrected chi connectivity index (χ4v) is 3.71. The van der Waals surface area contributed by atoms with Gasteiger partial charge in [0.05, 0.1) is 30.1 Å². The number of oxazole rings is 1. The number of likely N-dealkylation sites (N-methyl/N-ethyl adjacent to an activating group) is 1. The van der Waals surface area contributed by atoms with Crippen molar-refractivity contribution in [1.82, 2.24) is 9.47 Å². The van der Waals surface area contributed by atoms with Crippen molar-refractivity contribution in [3.63, 3.8) is 0 Å². The molecule has 1 aromatic heterocycles. The van der Waals surface area contributed by atoms with Crippen LogP contribution < -0.4 is 16.0 Å². The van der Waals surface area contributed by atoms with Gasteiger partial charge in [-0.1, -0.05) is 24.3 Å². The average molecular weight is 394 g/mol. The summed E-state index contributed by atoms with van der Waals surface area (Å²) in [7, 11) is 1.77. The third-order valence-corrected chi connectivity index (χ3v) is 4.99. The number of amides is 2. The quantitative estimate of drug-likeness (QED) is 0.733. The third-order valence-electron chi connectivity index (χ3n) is 4.99. The van der Waals surface area contributed by atoms with E-state index in [4.69, 9.17) is 4.42 Å². The van der Waals surface area contributed by atoms with Crippen molar-refractivity contribution in [2.24, 2.45) is 0 Å². The van der Waals surface area contributed by atoms with Crippen LogP contribution in [-0.2, 0) is 16.3 Å². The Kier molecular flexibility index (Phi) is 4.94. The van der Waals surface area contributed by atoms with Gasteiger partial charge in [0.2, 0.25) is 11.8 Å². The predicted octanol–water partition coefficient (Wildman–Crippen LogP) is 2.25. The van der Waals surface area contributed by atoms with Gasteiger partial charge in [0.1, 0.15) is 0 Å². The van der Waals surface area contributed by atoms with E-state index in [0.29, 0.717) is 22.5 Å². The van der Waals surface area contributed by atoms with E-state index in [2.05, 4.69) is 5.32 Å². The van der Waals surface area contributed by atoms with Gasteiger partial charge in [-0.15, -0.1) is 0 Å². The number of hydrogen-bond acceptors (Lipinski definition) is 5. The predicted molar refractivity (Wildman–Crippen MR) is 110 cm³/mol. The van der Waals surface area contributed by atoms with Crippen molar-refractivity contribution in [1.29, 1.82) is 0 Å². The monoisotopic (exact) mass is 394 g/mol. The van der Waals surface area contributed by atoms with Crippen molar-refractivity contribution < 1.29 is 14.0 Å². The van der Waals surface area contributed by atoms with Gasteiger partial charge in [0, 0.05) is 12.5 Å². The molecule has 3 aromatic rings. The third kappa shape index (κ3) is 3.66. The highest BCUT2D eigenvalue weighted by Gasteiger charge is 2.30. The summed E-state index contributed by atoms with van der Waals surface area (Å²) in [5.74, 6) is -0.733. The molecule has 0 saturated carbocycles. The van der Waals surface area contributed by atoms with Gasteiger partial charge in [-0.25, -0.2) is 4.79 Å². The Bertz CT molecular complexity index is 1130. The van der Waals surface area contributed by atoms with Crippen LogP contribution >= 0.6 is 0 Å². The number of carbonyl (C=O) groups excluding carboxylic acids is 2. The number of nitrogens with zero attached hydrogens (tertiary/aromatic N) is 3. The molecule has 1 aliphatic rings. The minimum absolute atomic E-state index is 0.0822. The highest BCUT2D eigenvalue weighted by molar-refractivity contribution is 6.04. The second kappa shape index (κ2) is 7.56. The number of hydrogen-bond donors (Lipinski definition) is 1. The molecule has 2 heterocycles. The van der Waals surface area contributed by atoms with E-state index < -0.39 is 5.76 Å². The number of anilines is 2. The fourth-order valence-electron chi connectivity index (χ4n) is 3.71. The molecule has 0 saturated heterocycles. The molecule has 150 valence electrons. The maximum absolute atomic E-state index is 13.2. The standard InChI is InChI=1S/C21H22N4O4/c1-14-11-19(26)22-15-7-3-4-8-16(15)25(14)20(27)12-23(2)13-24-17-9-5-6-10-18(17)29-21(24)28/h3-10,14H,11-13H2,1-2H3,(H,22,26). The second-order valence-corrected chi connectivity index (χ2v) is 7.30. The second-order valence-electron chi connectivity index (χ2n) is 7.30. The summed E-state index contributed by atoms with van der Waals surface area (Å²) in [5.41, 5.74) is 2.49. The molecule has 0 bridgehead atoms. The number of benzene rings is 2. The van der Waals surface area contributed by atoms with Gasteiger partial charge < -0.3 is 14.6 Å². The molecule has 0 spiro atoms. The molecule has 29 heavy (non-hydrogen) atoms. The number of rotatable bonds is 4. The van der Waals surface area contributed by atoms with Crippen LogP contribution in [0.3, 0.4) is 0 Å². The first kappa shape index (κ1) is 18.9. The summed E-state index contributed by atoms with van der Waals surface area (Å²) in [6.07, 6.45) is 0.218. The molecule has 0 fully saturated rings. The van der Waals surface area contributed by atoms with E-state index in [0.717, 1.165) is 0 Å². The first-order chi connectivity index (χ1) is 13.9. The summed E-state index contributed by atoms with van der Waals surface area (Å²) in [5, 5.41) is 2.85. The van der Waals surface area contributed by atoms with Crippen molar-refractivity contribution in [3.8, 4) is 0 Å². The zero-order chi connectivity index (χ0) is 20.5. The molecule has 1 unspecified atom stereocenters. The molecule has 0 radical (unpaired) electrons. The van der Waals surface area contributed by atoms with E-state index in [1.165, 1.54) is 4.57 Å². The molecule has 1 atom stereocenters. The molecule has 0 aliphatic carbocycles. The van der Waals surface area contributed by atoms with E-state index >= 15 is 0 Å². The lowest BCUT2D eigenvalue weighted by molar-refractivity contribution is -0.120. The molecule has 1 aliphatic heterocycles. The van der Waals surface area contributed by atoms with Gasteiger partial charge in [0.15, 0.2) is 5.58 Å². The van der Waals surface area contributed by atoms with Crippen LogP contribution in [0.25, 0.3) is 11.1 Å². The lowest BCUT2D eigenvalue weighted by Crippen LogP contribution is -2.44. The minimum atomic E-state index is -0.464. The summed E-state index contributed by atoms with van der Waals surface area (Å²) >= 11 is 0. The smallest absolute Gasteiger partial charge is 0.408 e. The largest absolute Gasteiger partial charge is 0.421 e. The lowest BCUT2D eigenvalue weighted by atomic mass is 10.1. The Morgan fingerprint density at radius 1 is 1.17 bits per heavy atom. The van der Waals surface area contributed by atoms with Crippen LogP contribution in [-0.4, -0.2) is 40.9 Å². The molecule has 8 nitrogen and oxygen atoms in total. The van der Waals surface area contributed by atoms with E-state index in [-0.39, 0.29) is 37.5 Å². The number of nitrogens with one attached hydrogen (secondary N) is 1. The first-order valence-corrected chi connectivity index (χ1v) is 9.42. The van der Waals surface area contributed by atoms with E-state index in [1.54, 1.807) is 41.1 Å². The topological polar surface area (TPSA) is 87.8 Å². The number of para-hydroxylation sites is 4. The Morgan fingerprint density at radius 2 is 1.90 bits per heavy atom. The number of carbonyl (C=O) groups is 2. The fraction of sp³-hybridized carbons (Fsp3) is 0.286. The van der Waals surface area contributed by atoms with Gasteiger partial charge in [-0.05, 0) is 38.2 Å². The molecule has 8 heteroatoms. The summed E-state index contributed by atoms with van der Waals surface area (Å²) in [4.78, 5) is 40.9. The van der Waals surface area contributed by atoms with Crippen molar-refractivity contribution in [2.45, 2.75) is 26.1 Å². The van der Waals surface area contributed by atoms with Gasteiger partial charge in [-0.2, -0.15) is 0 Å². The molecule has 4 rings (SSSR count). The van der Waals surface area contributed by atoms with Crippen molar-refractivity contribution >= 4 is 34.3 Å². The Hall–Kier alpha value is -3.39. The van der Waals surface area contributed by atoms with Crippen LogP contribution in [0.4, 0.5) is 11.4 Å². The molecule has 2 aromatic carbocycles. The average Bonchev–Trinajstić information content (AvgIpc) is 2.90. The van der Waals surface area contributed by atoms with E-state index in [9.17, 15) is 14.4 Å². The highest BCUT2D eigenvalue weighted by Crippen LogP contribution is 2.31. The minimum Gasteiger partial charge on any atom is -0.408 e. The molecular formula is C21H22N4O4. The Morgan fingerprint density at radius 3 is 2.72 bits per heavy atom. The molecular weight excluding hydrogens is 372 g/mol. The van der Waals surface area contributed by atoms with Gasteiger partial charge in [0.25, 0.3) is 0 Å². The number of fused-ring (bicyclic) bond motifs is 2. The normalized spacial score (nSPS) is 16.6. The van der Waals surface area contributed by atoms with E-state index in [1.807, 2.05) is 31.2 Å². The zero-order valence-electron chi connectivity index (χ0n) is 16.3. The highest BCUT2D eigenvalue weighted by atomic mass is 16.4. The molecule has 1 N–H and O–H groups in total. The maximum atomic E-state index is 13.2. The molecule has 2 amide bonds. The van der Waals surface area contributed by atoms with Crippen molar-refractivity contribution in [2.75, 3.05) is 23.8 Å². The Balaban J connectivity index is 1.56. The maximum Gasteiger partial charge on any atom is 0.421 e. The number of aromatic nitrogens is 1. The van der Waals surface area contributed by atoms with Crippen molar-refractivity contribution in [3.05, 3.63) is 59.1 Å². The lowest BCUT2D eigenvalue weighted by Gasteiger charge is -2.29. The van der Waals surface area contributed by atoms with Crippen LogP contribution in [0.5, 0.6) is 0 Å². The van der Waals surface area contributed by atoms with Gasteiger partial charge in [-0.3, -0.25) is 19.1 Å². The first-order valence-electron chi connectivity index (χ1n) is 9.42. The SMILES string of the molecule is CC1CC(=O)Nc2ccccc2N1C(=O)CN(C)Cn1c(=O)oc2ccccc21. The van der Waals surface area contributed by atoms with Crippen LogP contribution in [0.1, 0.15) is 13.3 Å². The summed E-state index contributed by atoms with van der Waals surface area (Å²) < 4.78 is 6.75. The summed E-state index contributed by atoms with van der Waals surface area (Å²) in [6.45, 7) is 2.15. The zero-order valence-corrected chi connectivity index (χ0v) is 16.3. The van der Waals surface area contributed by atoms with Crippen LogP contribution in [0.15, 0.2) is 57.7 Å². The van der Waals surface area contributed by atoms with Gasteiger partial charge >= 0.3 is 5.76 Å². The summed E-state index contributed by atoms with van der Waals surface area (Å²) in [6, 6.07) is 14.2. The Labute approximate surface area is 167 Å². The van der Waals surface area contributed by atoms with Crippen LogP contribution in [0, 0.1) is 0 Å². The van der Waals surface area contributed by atoms with Crippen LogP contribution in [0.2, 0.25) is 0 Å².